The van der Waals surface area contributed by atoms with E-state index in [-0.39, 0.29) is 6.61 Å². The number of β-amino-alcohol motifs (C(OH)–C–C–N with tert-alkyl or cyclic N) is 1. The summed E-state index contributed by atoms with van der Waals surface area (Å²) < 4.78 is 5.97. The molecule has 2 heterocycles. The van der Waals surface area contributed by atoms with Crippen molar-refractivity contribution in [1.29, 1.82) is 0 Å². The molecule has 1 aliphatic carbocycles. The Bertz CT molecular complexity index is 1310. The van der Waals surface area contributed by atoms with Crippen LogP contribution in [0.1, 0.15) is 11.1 Å². The van der Waals surface area contributed by atoms with Crippen molar-refractivity contribution in [2.75, 3.05) is 44.2 Å². The maximum Gasteiger partial charge on any atom is 0.128 e. The van der Waals surface area contributed by atoms with Crippen molar-refractivity contribution < 1.29 is 9.84 Å². The van der Waals surface area contributed by atoms with Crippen molar-refractivity contribution in [3.8, 4) is 16.9 Å². The molecule has 1 N–H and O–H groups in total. The molecule has 1 aromatic heterocycles. The van der Waals surface area contributed by atoms with Crippen LogP contribution >= 0.6 is 0 Å². The summed E-state index contributed by atoms with van der Waals surface area (Å²) in [5.41, 5.74) is 7.89. The highest BCUT2D eigenvalue weighted by atomic mass is 16.5. The fraction of sp³-hybridized carbons (Fsp3) is 0.276. The Morgan fingerprint density at radius 2 is 1.68 bits per heavy atom. The molecule has 0 bridgehead atoms. The minimum Gasteiger partial charge on any atom is -0.490 e. The fourth-order valence-electron chi connectivity index (χ4n) is 5.34. The Morgan fingerprint density at radius 3 is 2.59 bits per heavy atom. The van der Waals surface area contributed by atoms with Crippen molar-refractivity contribution in [3.05, 3.63) is 90.1 Å². The van der Waals surface area contributed by atoms with Gasteiger partial charge in [0.25, 0.3) is 0 Å². The van der Waals surface area contributed by atoms with E-state index in [1.54, 1.807) is 6.20 Å². The number of aromatic nitrogens is 1. The zero-order valence-electron chi connectivity index (χ0n) is 19.2. The SMILES string of the molecule is OC(COc1cccc2ncccc12)CN1CCN(c2cccc3c2-c2ccccc2C3)CC1. The van der Waals surface area contributed by atoms with Gasteiger partial charge in [0, 0.05) is 55.6 Å². The lowest BCUT2D eigenvalue weighted by Gasteiger charge is -2.37. The maximum absolute atomic E-state index is 10.7. The number of rotatable bonds is 6. The van der Waals surface area contributed by atoms with Gasteiger partial charge in [-0.15, -0.1) is 0 Å². The summed E-state index contributed by atoms with van der Waals surface area (Å²) >= 11 is 0. The number of nitrogens with zero attached hydrogens (tertiary/aromatic N) is 3. The lowest BCUT2D eigenvalue weighted by molar-refractivity contribution is 0.0668. The molecule has 1 saturated heterocycles. The van der Waals surface area contributed by atoms with Crippen LogP contribution in [-0.2, 0) is 6.42 Å². The highest BCUT2D eigenvalue weighted by molar-refractivity contribution is 5.87. The minimum atomic E-state index is -0.536. The molecular formula is C29H29N3O2. The predicted octanol–water partition coefficient (Wildman–Crippen LogP) is 4.37. The number of aliphatic hydroxyl groups excluding tert-OH is 1. The largest absolute Gasteiger partial charge is 0.490 e. The van der Waals surface area contributed by atoms with Crippen LogP contribution in [0, 0.1) is 0 Å². The molecule has 0 spiro atoms. The van der Waals surface area contributed by atoms with E-state index >= 15 is 0 Å². The number of hydrogen-bond acceptors (Lipinski definition) is 5. The number of hydrogen-bond donors (Lipinski definition) is 1. The number of pyridine rings is 1. The van der Waals surface area contributed by atoms with E-state index in [9.17, 15) is 5.11 Å². The molecule has 0 saturated carbocycles. The van der Waals surface area contributed by atoms with Crippen molar-refractivity contribution >= 4 is 16.6 Å². The highest BCUT2D eigenvalue weighted by Gasteiger charge is 2.26. The first-order chi connectivity index (χ1) is 16.8. The molecule has 3 aromatic carbocycles. The summed E-state index contributed by atoms with van der Waals surface area (Å²) in [6, 6.07) is 25.2. The molecule has 4 aromatic rings. The molecule has 1 unspecified atom stereocenters. The summed E-state index contributed by atoms with van der Waals surface area (Å²) in [6.07, 6.45) is 2.27. The Morgan fingerprint density at radius 1 is 0.853 bits per heavy atom. The summed E-state index contributed by atoms with van der Waals surface area (Å²) in [5, 5.41) is 11.6. The topological polar surface area (TPSA) is 48.8 Å². The smallest absolute Gasteiger partial charge is 0.128 e. The Hall–Kier alpha value is -3.41. The molecule has 0 amide bonds. The van der Waals surface area contributed by atoms with Gasteiger partial charge >= 0.3 is 0 Å². The van der Waals surface area contributed by atoms with Crippen molar-refractivity contribution in [2.24, 2.45) is 0 Å². The lowest BCUT2D eigenvalue weighted by Crippen LogP contribution is -2.49. The molecule has 6 rings (SSSR count). The first-order valence-electron chi connectivity index (χ1n) is 12.1. The van der Waals surface area contributed by atoms with E-state index in [0.29, 0.717) is 6.54 Å². The van der Waals surface area contributed by atoms with Crippen LogP contribution in [-0.4, -0.2) is 60.4 Å². The van der Waals surface area contributed by atoms with Gasteiger partial charge in [-0.05, 0) is 53.4 Å². The van der Waals surface area contributed by atoms with Crippen molar-refractivity contribution in [2.45, 2.75) is 12.5 Å². The second kappa shape index (κ2) is 9.09. The first kappa shape index (κ1) is 21.1. The second-order valence-electron chi connectivity index (χ2n) is 9.22. The van der Waals surface area contributed by atoms with Crippen molar-refractivity contribution in [1.82, 2.24) is 9.88 Å². The molecular weight excluding hydrogens is 422 g/mol. The average molecular weight is 452 g/mol. The summed E-state index contributed by atoms with van der Waals surface area (Å²) in [4.78, 5) is 9.22. The van der Waals surface area contributed by atoms with E-state index in [0.717, 1.165) is 49.3 Å². The molecule has 5 heteroatoms. The normalized spacial score (nSPS) is 16.3. The molecule has 172 valence electrons. The van der Waals surface area contributed by atoms with E-state index < -0.39 is 6.10 Å². The number of fused-ring (bicyclic) bond motifs is 4. The monoisotopic (exact) mass is 451 g/mol. The fourth-order valence-corrected chi connectivity index (χ4v) is 5.34. The van der Waals surface area contributed by atoms with Gasteiger partial charge < -0.3 is 14.7 Å². The van der Waals surface area contributed by atoms with Gasteiger partial charge in [-0.3, -0.25) is 9.88 Å². The standard InChI is InChI=1S/C29H29N3O2/c33-23(20-34-28-12-4-10-26-25(28)9-5-13-30-26)19-31-14-16-32(17-15-31)27-11-3-7-22-18-21-6-1-2-8-24(21)29(22)27/h1-13,23,33H,14-20H2. The molecule has 1 fully saturated rings. The van der Waals surface area contributed by atoms with Gasteiger partial charge in [0.1, 0.15) is 18.5 Å². The maximum atomic E-state index is 10.7. The zero-order valence-corrected chi connectivity index (χ0v) is 19.2. The lowest BCUT2D eigenvalue weighted by atomic mass is 10.0. The van der Waals surface area contributed by atoms with E-state index in [2.05, 4.69) is 57.2 Å². The molecule has 1 atom stereocenters. The number of ether oxygens (including phenoxy) is 1. The van der Waals surface area contributed by atoms with Crippen LogP contribution in [0.5, 0.6) is 5.75 Å². The van der Waals surface area contributed by atoms with E-state index in [1.807, 2.05) is 30.3 Å². The quantitative estimate of drug-likeness (QED) is 0.416. The molecule has 0 radical (unpaired) electrons. The molecule has 1 aliphatic heterocycles. The average Bonchev–Trinajstić information content (AvgIpc) is 3.27. The van der Waals surface area contributed by atoms with Crippen LogP contribution < -0.4 is 9.64 Å². The van der Waals surface area contributed by atoms with E-state index in [1.165, 1.54) is 27.9 Å². The Kier molecular flexibility index (Phi) is 5.65. The number of aliphatic hydroxyl groups is 1. The summed E-state index contributed by atoms with van der Waals surface area (Å²) in [7, 11) is 0. The van der Waals surface area contributed by atoms with Gasteiger partial charge in [-0.2, -0.15) is 0 Å². The number of piperazine rings is 1. The van der Waals surface area contributed by atoms with Crippen LogP contribution in [0.15, 0.2) is 79.0 Å². The van der Waals surface area contributed by atoms with Gasteiger partial charge in [0.05, 0.1) is 5.52 Å². The number of anilines is 1. The van der Waals surface area contributed by atoms with Crippen LogP contribution in [0.3, 0.4) is 0 Å². The first-order valence-corrected chi connectivity index (χ1v) is 12.1. The minimum absolute atomic E-state index is 0.275. The number of benzene rings is 3. The summed E-state index contributed by atoms with van der Waals surface area (Å²) in [6.45, 7) is 4.67. The third-order valence-electron chi connectivity index (χ3n) is 7.02. The van der Waals surface area contributed by atoms with Gasteiger partial charge in [-0.1, -0.05) is 42.5 Å². The summed E-state index contributed by atoms with van der Waals surface area (Å²) in [5.74, 6) is 0.771. The van der Waals surface area contributed by atoms with Crippen LogP contribution in [0.4, 0.5) is 5.69 Å². The van der Waals surface area contributed by atoms with Crippen LogP contribution in [0.2, 0.25) is 0 Å². The van der Waals surface area contributed by atoms with Crippen molar-refractivity contribution in [3.63, 3.8) is 0 Å². The highest BCUT2D eigenvalue weighted by Crippen LogP contribution is 2.42. The second-order valence-corrected chi connectivity index (χ2v) is 9.22. The molecule has 2 aliphatic rings. The predicted molar refractivity (Wildman–Crippen MR) is 137 cm³/mol. The Labute approximate surface area is 200 Å². The molecule has 34 heavy (non-hydrogen) atoms. The Balaban J connectivity index is 1.07. The molecule has 5 nitrogen and oxygen atoms in total. The third kappa shape index (κ3) is 4.02. The third-order valence-corrected chi connectivity index (χ3v) is 7.02. The van der Waals surface area contributed by atoms with Crippen LogP contribution in [0.25, 0.3) is 22.0 Å². The van der Waals surface area contributed by atoms with E-state index in [4.69, 9.17) is 4.74 Å². The van der Waals surface area contributed by atoms with Gasteiger partial charge in [0.2, 0.25) is 0 Å². The zero-order chi connectivity index (χ0) is 22.9. The van der Waals surface area contributed by atoms with Gasteiger partial charge in [-0.25, -0.2) is 0 Å². The van der Waals surface area contributed by atoms with Gasteiger partial charge in [0.15, 0.2) is 0 Å².